The molecular formula is C19H21N3O3. The molecule has 2 aromatic carbocycles. The van der Waals surface area contributed by atoms with Crippen molar-refractivity contribution >= 4 is 17.5 Å². The van der Waals surface area contributed by atoms with E-state index < -0.39 is 5.91 Å². The summed E-state index contributed by atoms with van der Waals surface area (Å²) in [5.41, 5.74) is 6.39. The molecule has 4 N–H and O–H groups in total. The van der Waals surface area contributed by atoms with E-state index >= 15 is 0 Å². The summed E-state index contributed by atoms with van der Waals surface area (Å²) in [7, 11) is 0. The molecule has 6 nitrogen and oxygen atoms in total. The van der Waals surface area contributed by atoms with Crippen LogP contribution in [0.1, 0.15) is 23.2 Å². The standard InChI is InChI=1S/C19H21N3O3/c20-18(23)14-2-1-3-17(12-14)25-16-6-4-15(5-7-16)22-19(24)13-8-10-21-11-9-13/h1-7,12-13,21H,8-11H2,(H2,20,23)(H,22,24). The molecule has 1 saturated heterocycles. The number of primary amides is 1. The molecule has 0 unspecified atom stereocenters. The van der Waals surface area contributed by atoms with Gasteiger partial charge in [-0.1, -0.05) is 6.07 Å². The van der Waals surface area contributed by atoms with Gasteiger partial charge in [0.2, 0.25) is 11.8 Å². The number of carbonyl (C=O) groups excluding carboxylic acids is 2. The first-order chi connectivity index (χ1) is 12.1. The first-order valence-electron chi connectivity index (χ1n) is 8.31. The van der Waals surface area contributed by atoms with E-state index in [1.807, 2.05) is 0 Å². The van der Waals surface area contributed by atoms with Crippen LogP contribution in [0.2, 0.25) is 0 Å². The van der Waals surface area contributed by atoms with Gasteiger partial charge in [0.25, 0.3) is 0 Å². The van der Waals surface area contributed by atoms with Crippen molar-refractivity contribution < 1.29 is 14.3 Å². The Morgan fingerprint density at radius 2 is 1.76 bits per heavy atom. The fraction of sp³-hybridized carbons (Fsp3) is 0.263. The fourth-order valence-corrected chi connectivity index (χ4v) is 2.78. The smallest absolute Gasteiger partial charge is 0.248 e. The number of ether oxygens (including phenoxy) is 1. The average Bonchev–Trinajstić information content (AvgIpc) is 2.64. The van der Waals surface area contributed by atoms with Crippen molar-refractivity contribution in [2.24, 2.45) is 11.7 Å². The van der Waals surface area contributed by atoms with Crippen molar-refractivity contribution in [3.05, 3.63) is 54.1 Å². The Kier molecular flexibility index (Phi) is 5.30. The normalized spacial score (nSPS) is 14.7. The SMILES string of the molecule is NC(=O)c1cccc(Oc2ccc(NC(=O)C3CCNCC3)cc2)c1. The van der Waals surface area contributed by atoms with Gasteiger partial charge in [-0.15, -0.1) is 0 Å². The maximum Gasteiger partial charge on any atom is 0.248 e. The number of hydrogen-bond donors (Lipinski definition) is 3. The van der Waals surface area contributed by atoms with Gasteiger partial charge in [-0.3, -0.25) is 9.59 Å². The lowest BCUT2D eigenvalue weighted by molar-refractivity contribution is -0.120. The number of benzene rings is 2. The maximum absolute atomic E-state index is 12.2. The van der Waals surface area contributed by atoms with Gasteiger partial charge >= 0.3 is 0 Å². The highest BCUT2D eigenvalue weighted by Crippen LogP contribution is 2.24. The van der Waals surface area contributed by atoms with E-state index in [9.17, 15) is 9.59 Å². The summed E-state index contributed by atoms with van der Waals surface area (Å²) >= 11 is 0. The molecule has 0 atom stereocenters. The Balaban J connectivity index is 1.61. The predicted molar refractivity (Wildman–Crippen MR) is 95.7 cm³/mol. The lowest BCUT2D eigenvalue weighted by Crippen LogP contribution is -2.34. The van der Waals surface area contributed by atoms with E-state index in [4.69, 9.17) is 10.5 Å². The second-order valence-corrected chi connectivity index (χ2v) is 6.03. The first kappa shape index (κ1) is 17.0. The molecule has 0 aromatic heterocycles. The molecule has 25 heavy (non-hydrogen) atoms. The highest BCUT2D eigenvalue weighted by atomic mass is 16.5. The number of nitrogens with one attached hydrogen (secondary N) is 2. The quantitative estimate of drug-likeness (QED) is 0.780. The zero-order valence-corrected chi connectivity index (χ0v) is 13.8. The molecule has 130 valence electrons. The Bertz CT molecular complexity index is 753. The molecule has 0 radical (unpaired) electrons. The number of nitrogens with two attached hydrogens (primary N) is 1. The van der Waals surface area contributed by atoms with Crippen LogP contribution >= 0.6 is 0 Å². The van der Waals surface area contributed by atoms with Crippen LogP contribution in [-0.4, -0.2) is 24.9 Å². The fourth-order valence-electron chi connectivity index (χ4n) is 2.78. The van der Waals surface area contributed by atoms with Gasteiger partial charge < -0.3 is 21.1 Å². The van der Waals surface area contributed by atoms with Crippen molar-refractivity contribution in [1.82, 2.24) is 5.32 Å². The third-order valence-corrected chi connectivity index (χ3v) is 4.19. The molecule has 1 aliphatic rings. The monoisotopic (exact) mass is 339 g/mol. The molecule has 3 rings (SSSR count). The number of rotatable bonds is 5. The van der Waals surface area contributed by atoms with Crippen LogP contribution in [0.15, 0.2) is 48.5 Å². The van der Waals surface area contributed by atoms with Gasteiger partial charge in [0.05, 0.1) is 0 Å². The molecule has 1 heterocycles. The Morgan fingerprint density at radius 1 is 1.04 bits per heavy atom. The third-order valence-electron chi connectivity index (χ3n) is 4.19. The van der Waals surface area contributed by atoms with Crippen LogP contribution in [0.4, 0.5) is 5.69 Å². The molecule has 2 amide bonds. The summed E-state index contributed by atoms with van der Waals surface area (Å²) in [6.07, 6.45) is 1.73. The van der Waals surface area contributed by atoms with E-state index in [1.165, 1.54) is 0 Å². The second-order valence-electron chi connectivity index (χ2n) is 6.03. The van der Waals surface area contributed by atoms with E-state index in [-0.39, 0.29) is 11.8 Å². The molecule has 6 heteroatoms. The Morgan fingerprint density at radius 3 is 2.44 bits per heavy atom. The molecule has 0 saturated carbocycles. The minimum atomic E-state index is -0.499. The van der Waals surface area contributed by atoms with E-state index in [1.54, 1.807) is 48.5 Å². The molecular weight excluding hydrogens is 318 g/mol. The third kappa shape index (κ3) is 4.58. The molecule has 1 fully saturated rings. The topological polar surface area (TPSA) is 93.5 Å². The molecule has 1 aliphatic heterocycles. The van der Waals surface area contributed by atoms with E-state index in [0.29, 0.717) is 17.1 Å². The maximum atomic E-state index is 12.2. The zero-order chi connectivity index (χ0) is 17.6. The first-order valence-corrected chi connectivity index (χ1v) is 8.31. The van der Waals surface area contributed by atoms with Gasteiger partial charge in [0.15, 0.2) is 0 Å². The van der Waals surface area contributed by atoms with Gasteiger partial charge in [-0.2, -0.15) is 0 Å². The van der Waals surface area contributed by atoms with Crippen LogP contribution in [0, 0.1) is 5.92 Å². The van der Waals surface area contributed by atoms with Crippen LogP contribution in [0.25, 0.3) is 0 Å². The highest BCUT2D eigenvalue weighted by molar-refractivity contribution is 5.93. The predicted octanol–water partition coefficient (Wildman–Crippen LogP) is 2.52. The van der Waals surface area contributed by atoms with Gasteiger partial charge in [-0.05, 0) is 68.4 Å². The van der Waals surface area contributed by atoms with Crippen molar-refractivity contribution in [3.8, 4) is 11.5 Å². The minimum Gasteiger partial charge on any atom is -0.457 e. The molecule has 0 bridgehead atoms. The largest absolute Gasteiger partial charge is 0.457 e. The number of anilines is 1. The van der Waals surface area contributed by atoms with Gasteiger partial charge in [-0.25, -0.2) is 0 Å². The summed E-state index contributed by atoms with van der Waals surface area (Å²) in [6.45, 7) is 1.77. The zero-order valence-electron chi connectivity index (χ0n) is 13.8. The average molecular weight is 339 g/mol. The molecule has 2 aromatic rings. The Hall–Kier alpha value is -2.86. The lowest BCUT2D eigenvalue weighted by atomic mass is 9.97. The molecule has 0 aliphatic carbocycles. The Labute approximate surface area is 146 Å². The summed E-state index contributed by atoms with van der Waals surface area (Å²) in [5, 5.41) is 6.19. The minimum absolute atomic E-state index is 0.0596. The summed E-state index contributed by atoms with van der Waals surface area (Å²) in [5.74, 6) is 0.767. The second kappa shape index (κ2) is 7.81. The number of piperidine rings is 1. The van der Waals surface area contributed by atoms with Gasteiger partial charge in [0.1, 0.15) is 11.5 Å². The van der Waals surface area contributed by atoms with Gasteiger partial charge in [0, 0.05) is 17.2 Å². The highest BCUT2D eigenvalue weighted by Gasteiger charge is 2.20. The van der Waals surface area contributed by atoms with Crippen LogP contribution < -0.4 is 21.1 Å². The summed E-state index contributed by atoms with van der Waals surface area (Å²) in [4.78, 5) is 23.4. The van der Waals surface area contributed by atoms with Crippen molar-refractivity contribution in [3.63, 3.8) is 0 Å². The van der Waals surface area contributed by atoms with Crippen molar-refractivity contribution in [2.45, 2.75) is 12.8 Å². The summed E-state index contributed by atoms with van der Waals surface area (Å²) in [6, 6.07) is 13.8. The lowest BCUT2D eigenvalue weighted by Gasteiger charge is -2.21. The van der Waals surface area contributed by atoms with Crippen LogP contribution in [0.3, 0.4) is 0 Å². The van der Waals surface area contributed by atoms with E-state index in [0.717, 1.165) is 31.6 Å². The number of carbonyl (C=O) groups is 2. The molecule has 0 spiro atoms. The van der Waals surface area contributed by atoms with Crippen LogP contribution in [-0.2, 0) is 4.79 Å². The van der Waals surface area contributed by atoms with Crippen molar-refractivity contribution in [1.29, 1.82) is 0 Å². The van der Waals surface area contributed by atoms with Crippen molar-refractivity contribution in [2.75, 3.05) is 18.4 Å². The van der Waals surface area contributed by atoms with E-state index in [2.05, 4.69) is 10.6 Å². The van der Waals surface area contributed by atoms with Crippen LogP contribution in [0.5, 0.6) is 11.5 Å². The summed E-state index contributed by atoms with van der Waals surface area (Å²) < 4.78 is 5.72. The number of amides is 2. The number of hydrogen-bond acceptors (Lipinski definition) is 4.